The van der Waals surface area contributed by atoms with Gasteiger partial charge in [-0.15, -0.1) is 18.2 Å². The molecule has 4 heterocycles. The molecule has 59 heavy (non-hydrogen) atoms. The molecular formula is C52H36N4O2Pt-2. The zero-order valence-electron chi connectivity index (χ0n) is 32.5. The summed E-state index contributed by atoms with van der Waals surface area (Å²) in [5.41, 5.74) is 10.5. The van der Waals surface area contributed by atoms with Gasteiger partial charge in [-0.05, 0) is 74.6 Å². The number of benzene rings is 7. The monoisotopic (exact) mass is 943 g/mol. The standard InChI is InChI=1S/C52H36N4O2.Pt/c1-52(2,3)36-28-43-35-16-13-15-34(27-35)41-21-7-9-23-44(41)55-33-54(46-25-11-12-26-47(46)55)38-19-14-20-39(30-38)57-40-31-48-51(49(32-40)58-50(29-36)53-43)42-22-8-10-24-45(42)56(48)37-17-5-4-6-18-37;/h4-29,31H,1-3H3;/q-2;. The first kappa shape index (κ1) is 36.6. The Morgan fingerprint density at radius 3 is 2.12 bits per heavy atom. The largest absolute Gasteiger partial charge is 0.510 e. The summed E-state index contributed by atoms with van der Waals surface area (Å²) >= 11 is 0. The van der Waals surface area contributed by atoms with Crippen LogP contribution in [0, 0.1) is 18.5 Å². The molecule has 0 unspecified atom stereocenters. The van der Waals surface area contributed by atoms with Gasteiger partial charge in [-0.2, -0.15) is 12.1 Å². The number of rotatable bonds is 1. The number of nitrogens with zero attached hydrogens (tertiary/aromatic N) is 4. The van der Waals surface area contributed by atoms with Gasteiger partial charge in [0.25, 0.3) is 6.33 Å². The average molecular weight is 944 g/mol. The molecule has 0 radical (unpaired) electrons. The molecule has 0 fully saturated rings. The van der Waals surface area contributed by atoms with Crippen LogP contribution >= 0.6 is 0 Å². The second-order valence-corrected chi connectivity index (χ2v) is 15.7. The van der Waals surface area contributed by atoms with Crippen LogP contribution in [-0.4, -0.2) is 14.0 Å². The van der Waals surface area contributed by atoms with Crippen molar-refractivity contribution in [3.63, 3.8) is 0 Å². The number of imidazole rings is 1. The first-order valence-electron chi connectivity index (χ1n) is 19.5. The van der Waals surface area contributed by atoms with Crippen molar-refractivity contribution in [1.82, 2.24) is 14.0 Å². The molecule has 0 amide bonds. The summed E-state index contributed by atoms with van der Waals surface area (Å²) in [7, 11) is 0. The second-order valence-electron chi connectivity index (χ2n) is 15.7. The number of hydrogen-bond donors (Lipinski definition) is 0. The topological polar surface area (TPSA) is 52.6 Å². The van der Waals surface area contributed by atoms with E-state index >= 15 is 0 Å². The smallest absolute Gasteiger partial charge is 0.268 e. The second kappa shape index (κ2) is 14.3. The third kappa shape index (κ3) is 6.32. The van der Waals surface area contributed by atoms with Crippen molar-refractivity contribution in [1.29, 1.82) is 0 Å². The van der Waals surface area contributed by atoms with Crippen LogP contribution in [0.3, 0.4) is 0 Å². The van der Waals surface area contributed by atoms with Crippen molar-refractivity contribution < 1.29 is 34.3 Å². The van der Waals surface area contributed by atoms with Crippen molar-refractivity contribution in [3.05, 3.63) is 188 Å². The number of pyridine rings is 1. The molecule has 7 heteroatoms. The van der Waals surface area contributed by atoms with Crippen molar-refractivity contribution in [2.75, 3.05) is 0 Å². The van der Waals surface area contributed by atoms with Gasteiger partial charge in [0.15, 0.2) is 0 Å². The van der Waals surface area contributed by atoms with Crippen molar-refractivity contribution >= 4 is 88.0 Å². The van der Waals surface area contributed by atoms with Crippen molar-refractivity contribution in [2.24, 2.45) is 0 Å². The Labute approximate surface area is 354 Å². The van der Waals surface area contributed by atoms with Crippen LogP contribution in [0.4, 0.5) is 0 Å². The van der Waals surface area contributed by atoms with Crippen LogP contribution in [0.15, 0.2) is 173 Å². The maximum absolute atomic E-state index is 7.00. The summed E-state index contributed by atoms with van der Waals surface area (Å²) < 4.78 is 20.2. The summed E-state index contributed by atoms with van der Waals surface area (Å²) in [6.07, 6.45) is 3.68. The number of fused-ring (bicyclic) bond motifs is 22. The molecule has 0 aliphatic rings. The average Bonchev–Trinajstić information content (AvgIpc) is 3.80. The third-order valence-electron chi connectivity index (χ3n) is 10.9. The minimum absolute atomic E-state index is 0. The summed E-state index contributed by atoms with van der Waals surface area (Å²) in [4.78, 5) is 5.22. The van der Waals surface area contributed by atoms with Crippen LogP contribution in [0.5, 0.6) is 0 Å². The predicted molar refractivity (Wildman–Crippen MR) is 234 cm³/mol. The van der Waals surface area contributed by atoms with Crippen LogP contribution in [0.2, 0.25) is 0 Å². The van der Waals surface area contributed by atoms with Gasteiger partial charge < -0.3 is 17.8 Å². The molecule has 0 aliphatic carbocycles. The minimum atomic E-state index is -0.190. The Morgan fingerprint density at radius 1 is 0.576 bits per heavy atom. The van der Waals surface area contributed by atoms with Gasteiger partial charge in [0.05, 0.1) is 22.1 Å². The Balaban J connectivity index is 0.00000420. The first-order chi connectivity index (χ1) is 28.4. The van der Waals surface area contributed by atoms with E-state index in [0.29, 0.717) is 22.5 Å². The van der Waals surface area contributed by atoms with Gasteiger partial charge >= 0.3 is 0 Å². The molecule has 0 saturated heterocycles. The van der Waals surface area contributed by atoms with E-state index in [1.165, 1.54) is 0 Å². The van der Waals surface area contributed by atoms with Crippen LogP contribution in [0.1, 0.15) is 26.3 Å². The first-order valence-corrected chi connectivity index (χ1v) is 19.5. The van der Waals surface area contributed by atoms with E-state index in [1.807, 2.05) is 40.8 Å². The van der Waals surface area contributed by atoms with Crippen LogP contribution in [0.25, 0.3) is 93.7 Å². The fraction of sp³-hybridized carbons (Fsp3) is 0.0769. The van der Waals surface area contributed by atoms with Gasteiger partial charge in [-0.25, -0.2) is 4.98 Å². The Hall–Kier alpha value is -6.75. The molecule has 0 aliphatic heterocycles. The molecule has 0 saturated carbocycles. The number of hydrogen-bond acceptors (Lipinski definition) is 3. The van der Waals surface area contributed by atoms with Gasteiger partial charge in [0.2, 0.25) is 5.71 Å². The molecule has 11 aromatic rings. The van der Waals surface area contributed by atoms with E-state index in [-0.39, 0.29) is 26.5 Å². The quantitative estimate of drug-likeness (QED) is 0.122. The van der Waals surface area contributed by atoms with Gasteiger partial charge in [0, 0.05) is 60.5 Å². The molecule has 11 rings (SSSR count). The maximum atomic E-state index is 7.00. The summed E-state index contributed by atoms with van der Waals surface area (Å²) in [6.45, 7) is 6.64. The molecule has 6 nitrogen and oxygen atoms in total. The van der Waals surface area contributed by atoms with Crippen molar-refractivity contribution in [3.8, 4) is 5.69 Å². The van der Waals surface area contributed by atoms with E-state index < -0.39 is 0 Å². The molecule has 0 N–H and O–H groups in total. The molecule has 0 spiro atoms. The Morgan fingerprint density at radius 2 is 1.29 bits per heavy atom. The van der Waals surface area contributed by atoms with E-state index in [9.17, 15) is 0 Å². The van der Waals surface area contributed by atoms with Crippen molar-refractivity contribution in [2.45, 2.75) is 26.2 Å². The van der Waals surface area contributed by atoms with Gasteiger partial charge in [-0.3, -0.25) is 4.40 Å². The zero-order chi connectivity index (χ0) is 39.0. The predicted octanol–water partition coefficient (Wildman–Crippen LogP) is 12.6. The number of aromatic nitrogens is 4. The normalized spacial score (nSPS) is 11.8. The fourth-order valence-electron chi connectivity index (χ4n) is 8.12. The molecular weight excluding hydrogens is 908 g/mol. The van der Waals surface area contributed by atoms with Gasteiger partial charge in [0.1, 0.15) is 0 Å². The van der Waals surface area contributed by atoms with E-state index in [4.69, 9.17) is 13.8 Å². The fourth-order valence-corrected chi connectivity index (χ4v) is 8.12. The van der Waals surface area contributed by atoms with Gasteiger partial charge in [-0.1, -0.05) is 129 Å². The Kier molecular flexibility index (Phi) is 8.84. The van der Waals surface area contributed by atoms with Crippen LogP contribution in [-0.2, 0) is 26.5 Å². The summed E-state index contributed by atoms with van der Waals surface area (Å²) in [5.74, 6) is 0. The van der Waals surface area contributed by atoms with E-state index in [2.05, 4.69) is 176 Å². The third-order valence-corrected chi connectivity index (χ3v) is 10.9. The number of para-hydroxylation sites is 5. The van der Waals surface area contributed by atoms with Crippen LogP contribution < -0.4 is 4.40 Å². The van der Waals surface area contributed by atoms with E-state index in [0.717, 1.165) is 76.8 Å². The molecule has 0 atom stereocenters. The maximum Gasteiger partial charge on any atom is 0.268 e. The summed E-state index contributed by atoms with van der Waals surface area (Å²) in [5, 5.41) is 5.06. The Bertz CT molecular complexity index is 3620. The van der Waals surface area contributed by atoms with E-state index in [1.54, 1.807) is 0 Å². The SMILES string of the molecule is CC(C)(C)c1cc2nc(c1)c1cccc(c1)c1ccccc1[n+]1[c-]n(c3[c-]c(ccc3)oc3[c-]c(o2)c2c4ccccc4n(-c4ccccc4)c2c3)c2ccccc21.[Pt]. The molecule has 10 bridgehead atoms. The minimum Gasteiger partial charge on any atom is -0.510 e. The molecule has 288 valence electrons. The molecule has 7 aromatic carbocycles. The summed E-state index contributed by atoms with van der Waals surface area (Å²) in [6, 6.07) is 63.5. The zero-order valence-corrected chi connectivity index (χ0v) is 34.8. The molecule has 4 aromatic heterocycles.